The summed E-state index contributed by atoms with van der Waals surface area (Å²) in [5.74, 6) is 1.27. The minimum Gasteiger partial charge on any atom is -0.445 e. The number of amides is 3. The fraction of sp³-hybridized carbons (Fsp3) is 0.634. The van der Waals surface area contributed by atoms with Crippen LogP contribution in [0.1, 0.15) is 123 Å². The lowest BCUT2D eigenvalue weighted by molar-refractivity contribution is 0.0479. The van der Waals surface area contributed by atoms with E-state index in [1.165, 1.54) is 51.4 Å². The van der Waals surface area contributed by atoms with E-state index in [0.29, 0.717) is 11.8 Å². The smallest absolute Gasteiger partial charge is 0.407 e. The predicted octanol–water partition coefficient (Wildman–Crippen LogP) is 8.76. The van der Waals surface area contributed by atoms with Gasteiger partial charge in [0.15, 0.2) is 0 Å². The van der Waals surface area contributed by atoms with Crippen LogP contribution in [-0.2, 0) is 27.4 Å². The second-order valence-electron chi connectivity index (χ2n) is 15.4. The Labute approximate surface area is 306 Å². The first-order chi connectivity index (χ1) is 24.4. The van der Waals surface area contributed by atoms with E-state index in [4.69, 9.17) is 19.9 Å². The lowest BCUT2D eigenvalue weighted by Gasteiger charge is -2.31. The number of alkyl carbamates (subject to hydrolysis) is 3. The Kier molecular flexibility index (Phi) is 18.1. The Balaban J connectivity index is 0.000000286. The number of hydrogen-bond acceptors (Lipinski definition) is 7. The molecule has 5 N–H and O–H groups in total. The molecule has 4 rings (SSSR count). The van der Waals surface area contributed by atoms with Gasteiger partial charge in [0.25, 0.3) is 0 Å². The topological polar surface area (TPSA) is 141 Å². The number of carbonyl (C=O) groups is 3. The summed E-state index contributed by atoms with van der Waals surface area (Å²) >= 11 is 0. The van der Waals surface area contributed by atoms with Gasteiger partial charge in [-0.1, -0.05) is 125 Å². The highest BCUT2D eigenvalue weighted by molar-refractivity contribution is 5.70. The van der Waals surface area contributed by atoms with Gasteiger partial charge in [0.2, 0.25) is 0 Å². The van der Waals surface area contributed by atoms with Crippen LogP contribution >= 0.6 is 0 Å². The van der Waals surface area contributed by atoms with Crippen molar-refractivity contribution in [3.63, 3.8) is 0 Å². The molecular formula is C41H64N4O6. The summed E-state index contributed by atoms with van der Waals surface area (Å²) in [4.78, 5) is 36.4. The molecule has 0 radical (unpaired) electrons. The number of ether oxygens (including phenoxy) is 3. The molecule has 0 heterocycles. The average Bonchev–Trinajstić information content (AvgIpc) is 3.11. The highest BCUT2D eigenvalue weighted by Crippen LogP contribution is 2.29. The largest absolute Gasteiger partial charge is 0.445 e. The van der Waals surface area contributed by atoms with E-state index in [1.807, 2.05) is 95.3 Å². The molecule has 0 aromatic heterocycles. The maximum atomic E-state index is 12.3. The molecule has 0 spiro atoms. The van der Waals surface area contributed by atoms with E-state index in [1.54, 1.807) is 0 Å². The summed E-state index contributed by atoms with van der Waals surface area (Å²) in [6, 6.07) is 18.7. The third kappa shape index (κ3) is 17.8. The maximum Gasteiger partial charge on any atom is 0.407 e. The van der Waals surface area contributed by atoms with Crippen LogP contribution in [0.5, 0.6) is 0 Å². The number of hydrogen-bond donors (Lipinski definition) is 4. The van der Waals surface area contributed by atoms with E-state index >= 15 is 0 Å². The predicted molar refractivity (Wildman–Crippen MR) is 202 cm³/mol. The van der Waals surface area contributed by atoms with Gasteiger partial charge in [-0.25, -0.2) is 14.4 Å². The second kappa shape index (κ2) is 22.2. The van der Waals surface area contributed by atoms with Gasteiger partial charge in [0.05, 0.1) is 6.04 Å². The maximum absolute atomic E-state index is 12.3. The van der Waals surface area contributed by atoms with E-state index in [2.05, 4.69) is 16.0 Å². The Morgan fingerprint density at radius 2 is 1.08 bits per heavy atom. The number of benzene rings is 2. The van der Waals surface area contributed by atoms with Gasteiger partial charge in [-0.3, -0.25) is 0 Å². The first-order valence-electron chi connectivity index (χ1n) is 19.1. The molecule has 3 amide bonds. The SMILES string of the molecule is C[C@H](NC(=O)OCc1ccccc1)[C@@H](N)CC1CCCCC1.C[C@H](NC(=O)OCc1ccccc1)[C@H](CC1CCCCC1)NC(=O)OC(C)(C)C. The number of rotatable bonds is 13. The molecule has 0 bridgehead atoms. The Bertz CT molecular complexity index is 1280. The summed E-state index contributed by atoms with van der Waals surface area (Å²) < 4.78 is 16.0. The third-order valence-corrected chi connectivity index (χ3v) is 9.71. The fourth-order valence-corrected chi connectivity index (χ4v) is 6.75. The van der Waals surface area contributed by atoms with E-state index in [0.717, 1.165) is 36.8 Å². The van der Waals surface area contributed by atoms with Crippen molar-refractivity contribution in [1.82, 2.24) is 16.0 Å². The fourth-order valence-electron chi connectivity index (χ4n) is 6.75. The van der Waals surface area contributed by atoms with Crippen molar-refractivity contribution < 1.29 is 28.6 Å². The van der Waals surface area contributed by atoms with Crippen LogP contribution in [0.15, 0.2) is 60.7 Å². The van der Waals surface area contributed by atoms with E-state index in [9.17, 15) is 14.4 Å². The zero-order chi connectivity index (χ0) is 37.1. The number of nitrogens with two attached hydrogens (primary N) is 1. The van der Waals surface area contributed by atoms with Gasteiger partial charge in [-0.05, 0) is 70.4 Å². The third-order valence-electron chi connectivity index (χ3n) is 9.71. The molecule has 10 heteroatoms. The molecular weight excluding hydrogens is 644 g/mol. The highest BCUT2D eigenvalue weighted by atomic mass is 16.6. The minimum atomic E-state index is -0.565. The summed E-state index contributed by atoms with van der Waals surface area (Å²) in [6.07, 6.45) is 13.1. The zero-order valence-electron chi connectivity index (χ0n) is 31.7. The van der Waals surface area contributed by atoms with E-state index < -0.39 is 23.9 Å². The lowest BCUT2D eigenvalue weighted by Crippen LogP contribution is -2.52. The molecule has 0 unspecified atom stereocenters. The zero-order valence-corrected chi connectivity index (χ0v) is 31.7. The molecule has 2 saturated carbocycles. The Hall–Kier alpha value is -3.79. The summed E-state index contributed by atoms with van der Waals surface area (Å²) in [6.45, 7) is 9.87. The van der Waals surface area contributed by atoms with Crippen LogP contribution in [-0.4, -0.2) is 48.0 Å². The molecule has 284 valence electrons. The molecule has 2 fully saturated rings. The normalized spacial score (nSPS) is 17.7. The van der Waals surface area contributed by atoms with Crippen LogP contribution in [0.2, 0.25) is 0 Å². The molecule has 0 saturated heterocycles. The lowest BCUT2D eigenvalue weighted by atomic mass is 9.83. The van der Waals surface area contributed by atoms with Gasteiger partial charge in [-0.15, -0.1) is 0 Å². The van der Waals surface area contributed by atoms with Crippen LogP contribution in [0.4, 0.5) is 14.4 Å². The molecule has 2 aliphatic carbocycles. The van der Waals surface area contributed by atoms with E-state index in [-0.39, 0.29) is 37.4 Å². The number of nitrogens with one attached hydrogen (secondary N) is 3. The standard InChI is InChI=1S/C23H36N2O4.C18H28N2O2/c1-17(24-21(26)28-16-19-13-9-6-10-14-19)20(15-18-11-7-5-8-12-18)25-22(27)29-23(2,3)4;1-14(17(19)12-15-8-4-2-5-9-15)20-18(21)22-13-16-10-6-3-7-11-16/h6,9-10,13-14,17-18,20H,5,7-8,11-12,15-16H2,1-4H3,(H,24,26)(H,25,27);3,6-7,10-11,14-15,17H,2,4-5,8-9,12-13,19H2,1H3,(H,20,21)/t17-,20-;14-,17-/m00/s1. The molecule has 2 aromatic rings. The van der Waals surface area contributed by atoms with Crippen LogP contribution in [0, 0.1) is 11.8 Å². The molecule has 2 aromatic carbocycles. The Morgan fingerprint density at radius 1 is 0.647 bits per heavy atom. The van der Waals surface area contributed by atoms with Crippen LogP contribution < -0.4 is 21.7 Å². The average molecular weight is 709 g/mol. The molecule has 4 atom stereocenters. The molecule has 51 heavy (non-hydrogen) atoms. The number of carbonyl (C=O) groups excluding carboxylic acids is 3. The van der Waals surface area contributed by atoms with Crippen molar-refractivity contribution in [3.05, 3.63) is 71.8 Å². The monoisotopic (exact) mass is 708 g/mol. The molecule has 2 aliphatic rings. The minimum absolute atomic E-state index is 0.00706. The van der Waals surface area contributed by atoms with Gasteiger partial charge >= 0.3 is 18.3 Å². The summed E-state index contributed by atoms with van der Waals surface area (Å²) in [5.41, 5.74) is 7.58. The first kappa shape index (κ1) is 41.6. The van der Waals surface area contributed by atoms with Crippen molar-refractivity contribution >= 4 is 18.3 Å². The second-order valence-corrected chi connectivity index (χ2v) is 15.4. The Morgan fingerprint density at radius 3 is 1.53 bits per heavy atom. The quantitative estimate of drug-likeness (QED) is 0.153. The molecule has 0 aliphatic heterocycles. The highest BCUT2D eigenvalue weighted by Gasteiger charge is 2.28. The van der Waals surface area contributed by atoms with Crippen molar-refractivity contribution in [2.75, 3.05) is 0 Å². The van der Waals surface area contributed by atoms with Crippen LogP contribution in [0.25, 0.3) is 0 Å². The van der Waals surface area contributed by atoms with Gasteiger partial charge in [-0.2, -0.15) is 0 Å². The summed E-state index contributed by atoms with van der Waals surface area (Å²) in [5, 5.41) is 8.70. The van der Waals surface area contributed by atoms with Crippen molar-refractivity contribution in [3.8, 4) is 0 Å². The van der Waals surface area contributed by atoms with Gasteiger partial charge in [0.1, 0.15) is 18.8 Å². The van der Waals surface area contributed by atoms with Gasteiger partial charge in [0, 0.05) is 18.1 Å². The van der Waals surface area contributed by atoms with Crippen molar-refractivity contribution in [1.29, 1.82) is 0 Å². The molecule has 10 nitrogen and oxygen atoms in total. The van der Waals surface area contributed by atoms with Crippen LogP contribution in [0.3, 0.4) is 0 Å². The van der Waals surface area contributed by atoms with Gasteiger partial charge < -0.3 is 35.9 Å². The summed E-state index contributed by atoms with van der Waals surface area (Å²) in [7, 11) is 0. The first-order valence-corrected chi connectivity index (χ1v) is 19.1. The van der Waals surface area contributed by atoms with Crippen molar-refractivity contribution in [2.45, 2.75) is 155 Å². The van der Waals surface area contributed by atoms with Crippen molar-refractivity contribution in [2.24, 2.45) is 17.6 Å².